The van der Waals surface area contributed by atoms with Crippen LogP contribution >= 0.6 is 34.8 Å². The Morgan fingerprint density at radius 1 is 0.902 bits per heavy atom. The molecule has 0 bridgehead atoms. The van der Waals surface area contributed by atoms with Crippen LogP contribution in [0.3, 0.4) is 0 Å². The number of carbonyl (C=O) groups is 2. The van der Waals surface area contributed by atoms with Crippen molar-refractivity contribution in [2.75, 3.05) is 17.1 Å². The van der Waals surface area contributed by atoms with Gasteiger partial charge in [0.25, 0.3) is 0 Å². The van der Waals surface area contributed by atoms with Crippen molar-refractivity contribution < 1.29 is 18.0 Å². The second-order valence-electron chi connectivity index (χ2n) is 10.2. The van der Waals surface area contributed by atoms with Gasteiger partial charge in [-0.25, -0.2) is 8.42 Å². The lowest BCUT2D eigenvalue weighted by atomic mass is 10.0. The van der Waals surface area contributed by atoms with Crippen molar-refractivity contribution in [1.29, 1.82) is 0 Å². The summed E-state index contributed by atoms with van der Waals surface area (Å²) in [6.45, 7) is -0.513. The van der Waals surface area contributed by atoms with Crippen molar-refractivity contribution in [3.8, 4) is 0 Å². The molecule has 0 spiro atoms. The topological polar surface area (TPSA) is 86.8 Å². The summed E-state index contributed by atoms with van der Waals surface area (Å²) in [7, 11) is -3.96. The standard InChI is InChI=1S/C30H32Cl3N3O4S/c1-41(39,40)36(26-13-7-12-25(32)29(26)33)20-28(37)35(19-22-14-16-23(31)17-15-22)27(18-21-8-3-2-4-9-21)30(38)34-24-10-5-6-11-24/h2-4,7-9,12-17,24,27H,5-6,10-11,18-20H2,1H3,(H,34,38). The minimum atomic E-state index is -3.96. The van der Waals surface area contributed by atoms with Crippen molar-refractivity contribution in [1.82, 2.24) is 10.2 Å². The molecule has 0 radical (unpaired) electrons. The Morgan fingerprint density at radius 2 is 1.56 bits per heavy atom. The first-order chi connectivity index (χ1) is 19.5. The Kier molecular flexibility index (Phi) is 10.6. The van der Waals surface area contributed by atoms with E-state index in [2.05, 4.69) is 5.32 Å². The molecule has 1 N–H and O–H groups in total. The van der Waals surface area contributed by atoms with Gasteiger partial charge in [0.15, 0.2) is 0 Å². The molecule has 1 atom stereocenters. The number of sulfonamides is 1. The molecule has 4 rings (SSSR count). The quantitative estimate of drug-likeness (QED) is 0.275. The number of rotatable bonds is 11. The number of carbonyl (C=O) groups excluding carboxylic acids is 2. The van der Waals surface area contributed by atoms with Crippen LogP contribution < -0.4 is 9.62 Å². The van der Waals surface area contributed by atoms with Gasteiger partial charge in [0.1, 0.15) is 12.6 Å². The van der Waals surface area contributed by atoms with Crippen LogP contribution in [0, 0.1) is 0 Å². The Morgan fingerprint density at radius 3 is 2.20 bits per heavy atom. The molecule has 218 valence electrons. The predicted molar refractivity (Wildman–Crippen MR) is 165 cm³/mol. The number of hydrogen-bond acceptors (Lipinski definition) is 4. The van der Waals surface area contributed by atoms with E-state index in [1.807, 2.05) is 30.3 Å². The monoisotopic (exact) mass is 635 g/mol. The molecule has 0 heterocycles. The highest BCUT2D eigenvalue weighted by atomic mass is 35.5. The van der Waals surface area contributed by atoms with E-state index >= 15 is 0 Å². The number of halogens is 3. The summed E-state index contributed by atoms with van der Waals surface area (Å²) in [4.78, 5) is 29.4. The molecule has 1 fully saturated rings. The number of nitrogens with one attached hydrogen (secondary N) is 1. The zero-order valence-corrected chi connectivity index (χ0v) is 25.7. The van der Waals surface area contributed by atoms with Gasteiger partial charge < -0.3 is 10.2 Å². The van der Waals surface area contributed by atoms with Crippen molar-refractivity contribution in [3.05, 3.63) is 99.0 Å². The minimum absolute atomic E-state index is 0.0106. The van der Waals surface area contributed by atoms with Gasteiger partial charge in [0.2, 0.25) is 21.8 Å². The molecule has 2 amide bonds. The second kappa shape index (κ2) is 13.9. The Labute approximate surface area is 256 Å². The van der Waals surface area contributed by atoms with Gasteiger partial charge in [0, 0.05) is 24.0 Å². The zero-order valence-electron chi connectivity index (χ0n) is 22.6. The van der Waals surface area contributed by atoms with Gasteiger partial charge in [-0.15, -0.1) is 0 Å². The summed E-state index contributed by atoms with van der Waals surface area (Å²) in [5.74, 6) is -0.848. The van der Waals surface area contributed by atoms with Gasteiger partial charge in [-0.3, -0.25) is 13.9 Å². The van der Waals surface area contributed by atoms with Crippen LogP contribution in [0.4, 0.5) is 5.69 Å². The van der Waals surface area contributed by atoms with E-state index in [1.54, 1.807) is 30.3 Å². The summed E-state index contributed by atoms with van der Waals surface area (Å²) in [5, 5.41) is 3.83. The highest BCUT2D eigenvalue weighted by molar-refractivity contribution is 7.92. The van der Waals surface area contributed by atoms with Crippen LogP contribution in [-0.4, -0.2) is 50.0 Å². The van der Waals surface area contributed by atoms with E-state index in [0.29, 0.717) is 5.02 Å². The van der Waals surface area contributed by atoms with Crippen LogP contribution in [0.15, 0.2) is 72.8 Å². The Hall–Kier alpha value is -2.78. The molecule has 0 saturated heterocycles. The third-order valence-corrected chi connectivity index (χ3v) is 9.31. The molecular weight excluding hydrogens is 605 g/mol. The lowest BCUT2D eigenvalue weighted by molar-refractivity contribution is -0.140. The maximum Gasteiger partial charge on any atom is 0.244 e. The molecule has 1 aliphatic carbocycles. The number of anilines is 1. The fourth-order valence-corrected chi connectivity index (χ4v) is 6.42. The third kappa shape index (κ3) is 8.38. The fourth-order valence-electron chi connectivity index (χ4n) is 4.99. The van der Waals surface area contributed by atoms with Crippen LogP contribution in [-0.2, 0) is 32.6 Å². The maximum absolute atomic E-state index is 14.2. The van der Waals surface area contributed by atoms with E-state index in [4.69, 9.17) is 34.8 Å². The average Bonchev–Trinajstić information content (AvgIpc) is 3.45. The van der Waals surface area contributed by atoms with Crippen LogP contribution in [0.5, 0.6) is 0 Å². The first-order valence-electron chi connectivity index (χ1n) is 13.3. The zero-order chi connectivity index (χ0) is 29.6. The molecule has 3 aromatic rings. The van der Waals surface area contributed by atoms with Gasteiger partial charge >= 0.3 is 0 Å². The summed E-state index contributed by atoms with van der Waals surface area (Å²) in [6, 6.07) is 20.1. The number of nitrogens with zero attached hydrogens (tertiary/aromatic N) is 2. The first kappa shape index (κ1) is 31.2. The summed E-state index contributed by atoms with van der Waals surface area (Å²) >= 11 is 18.7. The van der Waals surface area contributed by atoms with E-state index < -0.39 is 28.5 Å². The van der Waals surface area contributed by atoms with Gasteiger partial charge in [-0.1, -0.05) is 96.2 Å². The molecule has 41 heavy (non-hydrogen) atoms. The van der Waals surface area contributed by atoms with Gasteiger partial charge in [-0.2, -0.15) is 0 Å². The normalized spacial score (nSPS) is 14.4. The van der Waals surface area contributed by atoms with Crippen LogP contribution in [0.25, 0.3) is 0 Å². The van der Waals surface area contributed by atoms with E-state index in [-0.39, 0.29) is 40.6 Å². The third-order valence-electron chi connectivity index (χ3n) is 7.12. The second-order valence-corrected chi connectivity index (χ2v) is 13.3. The Balaban J connectivity index is 1.74. The number of amides is 2. The molecule has 1 aliphatic rings. The lowest BCUT2D eigenvalue weighted by Crippen LogP contribution is -2.54. The molecule has 7 nitrogen and oxygen atoms in total. The van der Waals surface area contributed by atoms with E-state index in [1.165, 1.54) is 17.0 Å². The van der Waals surface area contributed by atoms with Crippen molar-refractivity contribution >= 4 is 62.3 Å². The van der Waals surface area contributed by atoms with Crippen molar-refractivity contribution in [2.45, 2.75) is 50.7 Å². The minimum Gasteiger partial charge on any atom is -0.352 e. The van der Waals surface area contributed by atoms with Gasteiger partial charge in [-0.05, 0) is 48.2 Å². The highest BCUT2D eigenvalue weighted by Crippen LogP contribution is 2.34. The highest BCUT2D eigenvalue weighted by Gasteiger charge is 2.34. The van der Waals surface area contributed by atoms with E-state index in [0.717, 1.165) is 47.4 Å². The number of benzene rings is 3. The van der Waals surface area contributed by atoms with Crippen molar-refractivity contribution in [3.63, 3.8) is 0 Å². The molecule has 1 unspecified atom stereocenters. The van der Waals surface area contributed by atoms with E-state index in [9.17, 15) is 18.0 Å². The van der Waals surface area contributed by atoms with Gasteiger partial charge in [0.05, 0.1) is 22.0 Å². The summed E-state index contributed by atoms with van der Waals surface area (Å²) in [5.41, 5.74) is 1.68. The molecule has 11 heteroatoms. The largest absolute Gasteiger partial charge is 0.352 e. The van der Waals surface area contributed by atoms with Crippen LogP contribution in [0.1, 0.15) is 36.8 Å². The SMILES string of the molecule is CS(=O)(=O)N(CC(=O)N(Cc1ccc(Cl)cc1)C(Cc1ccccc1)C(=O)NC1CCCC1)c1cccc(Cl)c1Cl. The molecule has 0 aliphatic heterocycles. The molecule has 3 aromatic carbocycles. The lowest BCUT2D eigenvalue weighted by Gasteiger charge is -2.34. The molecular formula is C30H32Cl3N3O4S. The summed E-state index contributed by atoms with van der Waals surface area (Å²) < 4.78 is 26.8. The summed E-state index contributed by atoms with van der Waals surface area (Å²) in [6.07, 6.45) is 5.07. The molecule has 0 aromatic heterocycles. The predicted octanol–water partition coefficient (Wildman–Crippen LogP) is 6.11. The fraction of sp³-hybridized carbons (Fsp3) is 0.333. The maximum atomic E-state index is 14.2. The first-order valence-corrected chi connectivity index (χ1v) is 16.3. The molecule has 1 saturated carbocycles. The Bertz CT molecular complexity index is 1460. The smallest absolute Gasteiger partial charge is 0.244 e. The number of hydrogen-bond donors (Lipinski definition) is 1. The van der Waals surface area contributed by atoms with Crippen molar-refractivity contribution in [2.24, 2.45) is 0 Å². The van der Waals surface area contributed by atoms with Crippen LogP contribution in [0.2, 0.25) is 15.1 Å². The average molecular weight is 637 g/mol.